The van der Waals surface area contributed by atoms with E-state index in [0.717, 1.165) is 12.1 Å². The Morgan fingerprint density at radius 1 is 1.00 bits per heavy atom. The van der Waals surface area contributed by atoms with Gasteiger partial charge in [0.1, 0.15) is 17.6 Å². The van der Waals surface area contributed by atoms with Gasteiger partial charge < -0.3 is 14.2 Å². The molecule has 1 N–H and O–H groups in total. The highest BCUT2D eigenvalue weighted by Gasteiger charge is 2.34. The summed E-state index contributed by atoms with van der Waals surface area (Å²) < 4.78 is 85.3. The first kappa shape index (κ1) is 24.3. The fraction of sp³-hybridized carbons (Fsp3) is 0.333. The number of alkyl halides is 3. The van der Waals surface area contributed by atoms with Crippen LogP contribution in [0.4, 0.5) is 19.1 Å². The topological polar surface area (TPSA) is 99.6 Å². The summed E-state index contributed by atoms with van der Waals surface area (Å²) in [4.78, 5) is 7.68. The summed E-state index contributed by atoms with van der Waals surface area (Å²) >= 11 is 0. The van der Waals surface area contributed by atoms with Gasteiger partial charge in [-0.05, 0) is 30.7 Å². The zero-order valence-electron chi connectivity index (χ0n) is 18.9. The van der Waals surface area contributed by atoms with Crippen molar-refractivity contribution < 1.29 is 35.8 Å². The first-order chi connectivity index (χ1) is 17.2. The van der Waals surface area contributed by atoms with Gasteiger partial charge in [0.05, 0.1) is 30.3 Å². The molecular weight excluding hydrogens is 499 g/mol. The van der Waals surface area contributed by atoms with Crippen LogP contribution in [0.2, 0.25) is 0 Å². The summed E-state index contributed by atoms with van der Waals surface area (Å²) in [5, 5.41) is 0. The molecule has 0 bridgehead atoms. The Morgan fingerprint density at radius 3 is 2.50 bits per heavy atom. The smallest absolute Gasteiger partial charge is 0.416 e. The Labute approximate surface area is 205 Å². The van der Waals surface area contributed by atoms with Crippen LogP contribution in [0.25, 0.3) is 0 Å². The molecule has 0 saturated carbocycles. The second kappa shape index (κ2) is 9.58. The Morgan fingerprint density at radius 2 is 1.78 bits per heavy atom. The van der Waals surface area contributed by atoms with Crippen LogP contribution in [-0.2, 0) is 20.9 Å². The maximum absolute atomic E-state index is 13.4. The highest BCUT2D eigenvalue weighted by Crippen LogP contribution is 2.44. The average Bonchev–Trinajstić information content (AvgIpc) is 3.36. The van der Waals surface area contributed by atoms with Crippen LogP contribution in [0.5, 0.6) is 11.5 Å². The van der Waals surface area contributed by atoms with Gasteiger partial charge in [-0.3, -0.25) is 0 Å². The van der Waals surface area contributed by atoms with Crippen molar-refractivity contribution in [2.24, 2.45) is 0 Å². The van der Waals surface area contributed by atoms with Crippen molar-refractivity contribution in [3.8, 4) is 11.5 Å². The van der Waals surface area contributed by atoms with Gasteiger partial charge in [-0.1, -0.05) is 12.1 Å². The number of rotatable bonds is 6. The van der Waals surface area contributed by atoms with Crippen molar-refractivity contribution >= 4 is 16.0 Å². The molecule has 2 aromatic carbocycles. The zero-order chi connectivity index (χ0) is 25.3. The average molecular weight is 522 g/mol. The molecule has 0 radical (unpaired) electrons. The molecule has 2 aliphatic rings. The van der Waals surface area contributed by atoms with Gasteiger partial charge >= 0.3 is 6.18 Å². The molecule has 1 aromatic heterocycles. The molecule has 12 heteroatoms. The number of hydrogen-bond acceptors (Lipinski definition) is 7. The fourth-order valence-corrected chi connectivity index (χ4v) is 5.25. The number of fused-ring (bicyclic) bond motifs is 1. The third-order valence-electron chi connectivity index (χ3n) is 6.02. The molecule has 1 fully saturated rings. The molecule has 1 saturated heterocycles. The highest BCUT2D eigenvalue weighted by atomic mass is 32.2. The number of halogens is 3. The molecule has 190 valence electrons. The lowest BCUT2D eigenvalue weighted by molar-refractivity contribution is -0.137. The van der Waals surface area contributed by atoms with E-state index in [0.29, 0.717) is 42.9 Å². The van der Waals surface area contributed by atoms with Gasteiger partial charge in [-0.15, -0.1) is 0 Å². The van der Waals surface area contributed by atoms with Crippen molar-refractivity contribution in [2.75, 3.05) is 24.5 Å². The van der Waals surface area contributed by atoms with Crippen molar-refractivity contribution in [2.45, 2.75) is 35.9 Å². The van der Waals surface area contributed by atoms with Crippen LogP contribution < -0.4 is 14.2 Å². The SMILES string of the molecule is O=S(=O)(Nc1ncccn1)c1ccc2c(c1)OCC[C@H]2c1ccc(C(F)(F)F)cc1O[C@H]1CCOC1. The van der Waals surface area contributed by atoms with Crippen molar-refractivity contribution in [1.82, 2.24) is 9.97 Å². The van der Waals surface area contributed by atoms with Crippen LogP contribution >= 0.6 is 0 Å². The highest BCUT2D eigenvalue weighted by molar-refractivity contribution is 7.92. The normalized spacial score (nSPS) is 19.9. The number of aromatic nitrogens is 2. The largest absolute Gasteiger partial charge is 0.493 e. The molecule has 8 nitrogen and oxygen atoms in total. The van der Waals surface area contributed by atoms with E-state index >= 15 is 0 Å². The van der Waals surface area contributed by atoms with Crippen LogP contribution in [-0.4, -0.2) is 44.3 Å². The second-order valence-corrected chi connectivity index (χ2v) is 10.1. The van der Waals surface area contributed by atoms with Gasteiger partial charge in [-0.25, -0.2) is 23.1 Å². The molecule has 3 heterocycles. The van der Waals surface area contributed by atoms with E-state index in [1.807, 2.05) is 0 Å². The summed E-state index contributed by atoms with van der Waals surface area (Å²) in [6, 6.07) is 9.45. The molecule has 0 spiro atoms. The number of benzene rings is 2. The Kier molecular flexibility index (Phi) is 6.47. The molecule has 2 atom stereocenters. The van der Waals surface area contributed by atoms with Crippen LogP contribution in [0, 0.1) is 0 Å². The number of nitrogens with one attached hydrogen (secondary N) is 1. The van der Waals surface area contributed by atoms with Gasteiger partial charge in [0, 0.05) is 41.9 Å². The molecule has 0 unspecified atom stereocenters. The predicted octanol–water partition coefficient (Wildman–Crippen LogP) is 4.38. The first-order valence-electron chi connectivity index (χ1n) is 11.2. The molecule has 5 rings (SSSR count). The van der Waals surface area contributed by atoms with Gasteiger partial charge in [-0.2, -0.15) is 13.2 Å². The zero-order valence-corrected chi connectivity index (χ0v) is 19.7. The quantitative estimate of drug-likeness (QED) is 0.514. The van der Waals surface area contributed by atoms with Crippen LogP contribution in [0.15, 0.2) is 59.8 Å². The van der Waals surface area contributed by atoms with Gasteiger partial charge in [0.2, 0.25) is 5.95 Å². The van der Waals surface area contributed by atoms with E-state index in [9.17, 15) is 21.6 Å². The lowest BCUT2D eigenvalue weighted by atomic mass is 9.85. The van der Waals surface area contributed by atoms with Crippen molar-refractivity contribution in [3.63, 3.8) is 0 Å². The number of hydrogen-bond donors (Lipinski definition) is 1. The standard InChI is InChI=1S/C24H22F3N3O5S/c25-24(26,27)15-2-4-20(22(12-15)35-16-6-10-33-14-16)18-7-11-34-21-13-17(3-5-19(18)21)36(31,32)30-23-28-8-1-9-29-23/h1-5,8-9,12-13,16,18H,6-7,10-11,14H2,(H,28,29,30)/t16-,18+/m0/s1. The van der Waals surface area contributed by atoms with Crippen molar-refractivity contribution in [1.29, 1.82) is 0 Å². The fourth-order valence-electron chi connectivity index (χ4n) is 4.28. The maximum atomic E-state index is 13.4. The van der Waals surface area contributed by atoms with Crippen molar-refractivity contribution in [3.05, 3.63) is 71.5 Å². The minimum absolute atomic E-state index is 0.0543. The van der Waals surface area contributed by atoms with Crippen LogP contribution in [0.3, 0.4) is 0 Å². The predicted molar refractivity (Wildman–Crippen MR) is 123 cm³/mol. The summed E-state index contributed by atoms with van der Waals surface area (Å²) in [5.41, 5.74) is 0.428. The van der Waals surface area contributed by atoms with E-state index < -0.39 is 21.8 Å². The summed E-state index contributed by atoms with van der Waals surface area (Å²) in [6.45, 7) is 1.04. The summed E-state index contributed by atoms with van der Waals surface area (Å²) in [7, 11) is -3.99. The van der Waals surface area contributed by atoms with E-state index in [-0.39, 0.29) is 35.2 Å². The Balaban J connectivity index is 1.49. The minimum atomic E-state index is -4.52. The minimum Gasteiger partial charge on any atom is -0.493 e. The number of ether oxygens (including phenoxy) is 3. The lowest BCUT2D eigenvalue weighted by Gasteiger charge is -2.29. The van der Waals surface area contributed by atoms with E-state index in [4.69, 9.17) is 14.2 Å². The van der Waals surface area contributed by atoms with E-state index in [1.165, 1.54) is 30.6 Å². The van der Waals surface area contributed by atoms with E-state index in [1.54, 1.807) is 12.1 Å². The molecule has 0 aliphatic carbocycles. The second-order valence-electron chi connectivity index (χ2n) is 8.42. The maximum Gasteiger partial charge on any atom is 0.416 e. The molecule has 36 heavy (non-hydrogen) atoms. The Hall–Kier alpha value is -3.38. The Bertz CT molecular complexity index is 1350. The first-order valence-corrected chi connectivity index (χ1v) is 12.7. The number of sulfonamides is 1. The van der Waals surface area contributed by atoms with Gasteiger partial charge in [0.25, 0.3) is 10.0 Å². The summed E-state index contributed by atoms with van der Waals surface area (Å²) in [6.07, 6.45) is -0.975. The number of anilines is 1. The van der Waals surface area contributed by atoms with Crippen LogP contribution in [0.1, 0.15) is 35.4 Å². The molecule has 2 aliphatic heterocycles. The monoisotopic (exact) mass is 521 g/mol. The molecule has 3 aromatic rings. The van der Waals surface area contributed by atoms with Gasteiger partial charge in [0.15, 0.2) is 0 Å². The lowest BCUT2D eigenvalue weighted by Crippen LogP contribution is -2.21. The third kappa shape index (κ3) is 5.09. The molecular formula is C24H22F3N3O5S. The summed E-state index contributed by atoms with van der Waals surface area (Å²) in [5.74, 6) is 0.0443. The third-order valence-corrected chi connectivity index (χ3v) is 7.35. The number of nitrogens with zero attached hydrogens (tertiary/aromatic N) is 2. The molecule has 0 amide bonds. The van der Waals surface area contributed by atoms with E-state index in [2.05, 4.69) is 14.7 Å².